The Hall–Kier alpha value is -2.08. The van der Waals surface area contributed by atoms with Crippen molar-refractivity contribution in [2.45, 2.75) is 63.2 Å². The number of carbonyl (C=O) groups excluding carboxylic acids is 2. The van der Waals surface area contributed by atoms with Gasteiger partial charge in [0, 0.05) is 32.1 Å². The third-order valence-electron chi connectivity index (χ3n) is 5.66. The van der Waals surface area contributed by atoms with Crippen LogP contribution in [0, 0.1) is 0 Å². The van der Waals surface area contributed by atoms with E-state index in [9.17, 15) is 9.59 Å². The Balaban J connectivity index is 1.66. The second-order valence-electron chi connectivity index (χ2n) is 7.50. The fourth-order valence-electron chi connectivity index (χ4n) is 4.20. The fourth-order valence-corrected chi connectivity index (χ4v) is 4.20. The number of hydrogen-bond donors (Lipinski definition) is 2. The van der Waals surface area contributed by atoms with Gasteiger partial charge in [0.05, 0.1) is 19.6 Å². The first-order valence-electron chi connectivity index (χ1n) is 9.39. The van der Waals surface area contributed by atoms with E-state index in [4.69, 9.17) is 4.74 Å². The van der Waals surface area contributed by atoms with E-state index in [0.717, 1.165) is 24.2 Å². The number of amides is 2. The molecule has 2 saturated heterocycles. The molecule has 1 aromatic rings. The van der Waals surface area contributed by atoms with Crippen LogP contribution in [0.25, 0.3) is 0 Å². The molecule has 2 fully saturated rings. The Morgan fingerprint density at radius 1 is 1.23 bits per heavy atom. The summed E-state index contributed by atoms with van der Waals surface area (Å²) in [7, 11) is 3.52. The molecule has 2 bridgehead atoms. The van der Waals surface area contributed by atoms with Gasteiger partial charge in [-0.25, -0.2) is 0 Å². The normalized spacial score (nSPS) is 25.4. The molecule has 6 heteroatoms. The van der Waals surface area contributed by atoms with Crippen molar-refractivity contribution in [3.63, 3.8) is 0 Å². The smallest absolute Gasteiger partial charge is 0.224 e. The molecule has 0 aromatic heterocycles. The summed E-state index contributed by atoms with van der Waals surface area (Å²) in [4.78, 5) is 26.4. The van der Waals surface area contributed by atoms with Crippen molar-refractivity contribution in [1.29, 1.82) is 0 Å². The van der Waals surface area contributed by atoms with Crippen LogP contribution in [-0.2, 0) is 9.59 Å². The molecule has 0 radical (unpaired) electrons. The van der Waals surface area contributed by atoms with Gasteiger partial charge in [0.25, 0.3) is 0 Å². The molecule has 2 heterocycles. The van der Waals surface area contributed by atoms with Gasteiger partial charge >= 0.3 is 0 Å². The number of hydrogen-bond acceptors (Lipinski definition) is 4. The second kappa shape index (κ2) is 8.08. The van der Waals surface area contributed by atoms with E-state index in [0.29, 0.717) is 12.1 Å². The number of fused-ring (bicyclic) bond motifs is 2. The summed E-state index contributed by atoms with van der Waals surface area (Å²) >= 11 is 0. The summed E-state index contributed by atoms with van der Waals surface area (Å²) in [6.07, 6.45) is 4.73. The molecule has 2 N–H and O–H groups in total. The second-order valence-corrected chi connectivity index (χ2v) is 7.50. The van der Waals surface area contributed by atoms with Crippen LogP contribution < -0.4 is 15.4 Å². The largest absolute Gasteiger partial charge is 0.497 e. The van der Waals surface area contributed by atoms with Gasteiger partial charge < -0.3 is 20.3 Å². The van der Waals surface area contributed by atoms with Gasteiger partial charge in [-0.05, 0) is 43.4 Å². The van der Waals surface area contributed by atoms with E-state index in [1.165, 1.54) is 19.8 Å². The molecule has 26 heavy (non-hydrogen) atoms. The molecule has 0 saturated carbocycles. The van der Waals surface area contributed by atoms with E-state index in [1.807, 2.05) is 36.2 Å². The first-order valence-corrected chi connectivity index (χ1v) is 9.39. The molecule has 3 atom stereocenters. The van der Waals surface area contributed by atoms with Gasteiger partial charge in [-0.1, -0.05) is 12.1 Å². The average Bonchev–Trinajstić information content (AvgIpc) is 2.98. The molecule has 0 aliphatic carbocycles. The summed E-state index contributed by atoms with van der Waals surface area (Å²) in [5.74, 6) is 0.691. The lowest BCUT2D eigenvalue weighted by Gasteiger charge is -2.36. The highest BCUT2D eigenvalue weighted by molar-refractivity contribution is 5.79. The van der Waals surface area contributed by atoms with Crippen molar-refractivity contribution in [3.8, 4) is 5.75 Å². The van der Waals surface area contributed by atoms with Crippen LogP contribution in [0.3, 0.4) is 0 Å². The summed E-state index contributed by atoms with van der Waals surface area (Å²) < 4.78 is 5.19. The molecular formula is C20H29N3O3. The highest BCUT2D eigenvalue weighted by Crippen LogP contribution is 2.30. The van der Waals surface area contributed by atoms with Crippen molar-refractivity contribution >= 4 is 11.8 Å². The van der Waals surface area contributed by atoms with Gasteiger partial charge in [-0.2, -0.15) is 0 Å². The SMILES string of the molecule is COc1ccc(C(CC(=O)N(C)C2CC3CCC(C2)N3)NC(C)=O)cc1. The van der Waals surface area contributed by atoms with Gasteiger partial charge in [0.2, 0.25) is 11.8 Å². The average molecular weight is 359 g/mol. The minimum absolute atomic E-state index is 0.0749. The molecular weight excluding hydrogens is 330 g/mol. The highest BCUT2D eigenvalue weighted by atomic mass is 16.5. The third-order valence-corrected chi connectivity index (χ3v) is 5.66. The van der Waals surface area contributed by atoms with E-state index < -0.39 is 0 Å². The quantitative estimate of drug-likeness (QED) is 0.815. The lowest BCUT2D eigenvalue weighted by atomic mass is 9.97. The lowest BCUT2D eigenvalue weighted by molar-refractivity contribution is -0.133. The predicted octanol–water partition coefficient (Wildman–Crippen LogP) is 2.00. The zero-order valence-corrected chi connectivity index (χ0v) is 15.8. The molecule has 2 aliphatic rings. The van der Waals surface area contributed by atoms with Crippen molar-refractivity contribution in [3.05, 3.63) is 29.8 Å². The summed E-state index contributed by atoms with van der Waals surface area (Å²) in [6, 6.07) is 8.55. The number of carbonyl (C=O) groups is 2. The monoisotopic (exact) mass is 359 g/mol. The van der Waals surface area contributed by atoms with Crippen LogP contribution in [0.1, 0.15) is 50.6 Å². The van der Waals surface area contributed by atoms with Gasteiger partial charge in [0.1, 0.15) is 5.75 Å². The maximum absolute atomic E-state index is 12.9. The Kier molecular flexibility index (Phi) is 5.81. The third kappa shape index (κ3) is 4.36. The zero-order valence-electron chi connectivity index (χ0n) is 15.8. The standard InChI is InChI=1S/C20H29N3O3/c1-13(24)21-19(14-4-8-18(26-3)9-5-14)12-20(25)23(2)17-10-15-6-7-16(11-17)22-15/h4-5,8-9,15-17,19,22H,6-7,10-12H2,1-3H3,(H,21,24). The Labute approximate surface area is 155 Å². The number of piperidine rings is 1. The Morgan fingerprint density at radius 2 is 1.85 bits per heavy atom. The van der Waals surface area contributed by atoms with Crippen LogP contribution in [0.4, 0.5) is 0 Å². The van der Waals surface area contributed by atoms with Crippen LogP contribution in [0.5, 0.6) is 5.75 Å². The highest BCUT2D eigenvalue weighted by Gasteiger charge is 2.36. The van der Waals surface area contributed by atoms with Gasteiger partial charge in [0.15, 0.2) is 0 Å². The number of benzene rings is 1. The molecule has 3 unspecified atom stereocenters. The Bertz CT molecular complexity index is 634. The molecule has 2 amide bonds. The Morgan fingerprint density at radius 3 is 2.38 bits per heavy atom. The maximum Gasteiger partial charge on any atom is 0.224 e. The number of methoxy groups -OCH3 is 1. The molecule has 142 valence electrons. The maximum atomic E-state index is 12.9. The van der Waals surface area contributed by atoms with Gasteiger partial charge in [-0.15, -0.1) is 0 Å². The molecule has 6 nitrogen and oxygen atoms in total. The minimum atomic E-state index is -0.327. The minimum Gasteiger partial charge on any atom is -0.497 e. The van der Waals surface area contributed by atoms with Crippen LogP contribution >= 0.6 is 0 Å². The zero-order chi connectivity index (χ0) is 18.7. The molecule has 1 aromatic carbocycles. The van der Waals surface area contributed by atoms with Crippen LogP contribution in [-0.4, -0.2) is 49.0 Å². The van der Waals surface area contributed by atoms with Crippen molar-refractivity contribution in [2.24, 2.45) is 0 Å². The van der Waals surface area contributed by atoms with E-state index >= 15 is 0 Å². The number of nitrogens with zero attached hydrogens (tertiary/aromatic N) is 1. The van der Waals surface area contributed by atoms with Gasteiger partial charge in [-0.3, -0.25) is 9.59 Å². The van der Waals surface area contributed by atoms with Crippen molar-refractivity contribution in [1.82, 2.24) is 15.5 Å². The first kappa shape index (κ1) is 18.7. The van der Waals surface area contributed by atoms with E-state index in [-0.39, 0.29) is 30.3 Å². The number of rotatable bonds is 6. The lowest BCUT2D eigenvalue weighted by Crippen LogP contribution is -2.49. The van der Waals surface area contributed by atoms with Crippen molar-refractivity contribution in [2.75, 3.05) is 14.2 Å². The van der Waals surface area contributed by atoms with Crippen LogP contribution in [0.2, 0.25) is 0 Å². The van der Waals surface area contributed by atoms with E-state index in [1.54, 1.807) is 7.11 Å². The summed E-state index contributed by atoms with van der Waals surface area (Å²) in [6.45, 7) is 1.48. The number of nitrogens with one attached hydrogen (secondary N) is 2. The van der Waals surface area contributed by atoms with E-state index in [2.05, 4.69) is 10.6 Å². The fraction of sp³-hybridized carbons (Fsp3) is 0.600. The topological polar surface area (TPSA) is 70.7 Å². The molecule has 0 spiro atoms. The van der Waals surface area contributed by atoms with Crippen molar-refractivity contribution < 1.29 is 14.3 Å². The number of ether oxygens (including phenoxy) is 1. The summed E-state index contributed by atoms with van der Waals surface area (Å²) in [5.41, 5.74) is 0.910. The predicted molar refractivity (Wildman–Crippen MR) is 99.9 cm³/mol. The summed E-state index contributed by atoms with van der Waals surface area (Å²) in [5, 5.41) is 6.52. The van der Waals surface area contributed by atoms with Crippen LogP contribution in [0.15, 0.2) is 24.3 Å². The first-order chi connectivity index (χ1) is 12.5. The molecule has 3 rings (SSSR count). The molecule has 2 aliphatic heterocycles.